The summed E-state index contributed by atoms with van der Waals surface area (Å²) in [7, 11) is 15.8. The van der Waals surface area contributed by atoms with Gasteiger partial charge >= 0.3 is 0 Å². The molecule has 46 heavy (non-hydrogen) atoms. The molecular formula is C36H42Br2Ni2P6-2. The number of rotatable bonds is 0. The number of hydrogen-bond acceptors (Lipinski definition) is 0. The summed E-state index contributed by atoms with van der Waals surface area (Å²) in [5, 5.41) is 7.43. The quantitative estimate of drug-likeness (QED) is 0.159. The van der Waals surface area contributed by atoms with E-state index >= 15 is 0 Å². The molecule has 252 valence electrons. The number of halogens is 2. The second-order valence-corrected chi connectivity index (χ2v) is 12.5. The summed E-state index contributed by atoms with van der Waals surface area (Å²) in [6.45, 7) is 0. The Morgan fingerprint density at radius 1 is 0.196 bits per heavy atom. The molecule has 0 saturated carbocycles. The van der Waals surface area contributed by atoms with E-state index < -0.39 is 0 Å². The summed E-state index contributed by atoms with van der Waals surface area (Å²) in [5.41, 5.74) is 0. The zero-order chi connectivity index (χ0) is 30.7. The molecule has 6 atom stereocenters. The maximum atomic E-state index is 2.63. The van der Waals surface area contributed by atoms with Gasteiger partial charge in [0, 0.05) is 33.0 Å². The maximum absolute atomic E-state index is 2.63. The van der Waals surface area contributed by atoms with Crippen molar-refractivity contribution in [3.05, 3.63) is 182 Å². The molecule has 6 aromatic carbocycles. The van der Waals surface area contributed by atoms with E-state index in [1.807, 2.05) is 182 Å². The fraction of sp³-hybridized carbons (Fsp3) is 0. The minimum atomic E-state index is 0. The molecule has 6 aromatic rings. The second-order valence-electron chi connectivity index (χ2n) is 8.46. The summed E-state index contributed by atoms with van der Waals surface area (Å²) in [6, 6.07) is 60.8. The first-order chi connectivity index (χ1) is 20.4. The fourth-order valence-corrected chi connectivity index (χ4v) is 4.05. The fourth-order valence-electron chi connectivity index (χ4n) is 2.72. The Labute approximate surface area is 333 Å². The third-order valence-corrected chi connectivity index (χ3v) is 7.11. The molecule has 6 unspecified atom stereocenters. The molecule has 0 N–H and O–H groups in total. The largest absolute Gasteiger partial charge is 1.00 e. The van der Waals surface area contributed by atoms with Crippen LogP contribution in [-0.2, 0) is 33.0 Å². The van der Waals surface area contributed by atoms with Crippen LogP contribution in [0.4, 0.5) is 0 Å². The minimum absolute atomic E-state index is 0. The van der Waals surface area contributed by atoms with Crippen LogP contribution in [0.25, 0.3) is 0 Å². The predicted octanol–water partition coefficient (Wildman–Crippen LogP) is 1.13. The van der Waals surface area contributed by atoms with Crippen molar-refractivity contribution in [2.75, 3.05) is 0 Å². The van der Waals surface area contributed by atoms with Gasteiger partial charge in [-0.25, -0.2) is 0 Å². The van der Waals surface area contributed by atoms with Crippen LogP contribution in [0.1, 0.15) is 0 Å². The second kappa shape index (κ2) is 37.7. The third-order valence-electron chi connectivity index (χ3n) is 4.80. The van der Waals surface area contributed by atoms with Crippen LogP contribution in [0, 0.1) is 0 Å². The van der Waals surface area contributed by atoms with Crippen LogP contribution in [0.15, 0.2) is 182 Å². The molecule has 0 fully saturated rings. The van der Waals surface area contributed by atoms with Gasteiger partial charge in [0.15, 0.2) is 0 Å². The van der Waals surface area contributed by atoms with Gasteiger partial charge in [0.2, 0.25) is 0 Å². The predicted molar refractivity (Wildman–Crippen MR) is 215 cm³/mol. The van der Waals surface area contributed by atoms with Gasteiger partial charge < -0.3 is 34.0 Å². The van der Waals surface area contributed by atoms with Crippen molar-refractivity contribution in [3.8, 4) is 0 Å². The number of hydrogen-bond donors (Lipinski definition) is 0. The van der Waals surface area contributed by atoms with E-state index in [1.54, 1.807) is 0 Å². The van der Waals surface area contributed by atoms with Gasteiger partial charge in [-0.3, -0.25) is 0 Å². The molecule has 0 nitrogen and oxygen atoms in total. The van der Waals surface area contributed by atoms with E-state index in [1.165, 1.54) is 31.8 Å². The van der Waals surface area contributed by atoms with Crippen molar-refractivity contribution in [3.63, 3.8) is 0 Å². The summed E-state index contributed by atoms with van der Waals surface area (Å²) in [6.07, 6.45) is 0. The maximum Gasteiger partial charge on any atom is 0 e. The van der Waals surface area contributed by atoms with Crippen LogP contribution in [-0.4, -0.2) is 0 Å². The molecule has 0 amide bonds. The zero-order valence-electron chi connectivity index (χ0n) is 25.2. The van der Waals surface area contributed by atoms with Crippen LogP contribution >= 0.6 is 55.4 Å². The van der Waals surface area contributed by atoms with Crippen molar-refractivity contribution in [1.29, 1.82) is 0 Å². The molecular weight excluding hydrogens is 895 g/mol. The molecule has 0 bridgehead atoms. The Hall–Kier alpha value is -0.153. The zero-order valence-corrected chi connectivity index (χ0v) is 37.2. The van der Waals surface area contributed by atoms with Gasteiger partial charge in [-0.15, -0.1) is 55.4 Å². The topological polar surface area (TPSA) is 0 Å². The van der Waals surface area contributed by atoms with E-state index in [0.29, 0.717) is 0 Å². The Bertz CT molecular complexity index is 1120. The Morgan fingerprint density at radius 3 is 0.326 bits per heavy atom. The van der Waals surface area contributed by atoms with Crippen molar-refractivity contribution in [2.24, 2.45) is 0 Å². The van der Waals surface area contributed by atoms with Gasteiger partial charge in [0.25, 0.3) is 0 Å². The van der Waals surface area contributed by atoms with Crippen molar-refractivity contribution in [1.82, 2.24) is 0 Å². The molecule has 0 spiro atoms. The van der Waals surface area contributed by atoms with Crippen molar-refractivity contribution < 1.29 is 66.9 Å². The summed E-state index contributed by atoms with van der Waals surface area (Å²) in [5.74, 6) is 0. The monoisotopic (exact) mass is 934 g/mol. The first-order valence-electron chi connectivity index (χ1n) is 13.2. The average molecular weight is 938 g/mol. The SMILES string of the molecule is Pc1ccccc1.Pc1ccccc1.Pc1ccccc1.Pc1ccccc1.Pc1ccccc1.Pc1ccccc1.[Br-].[Br-].[Ni].[Ni]. The van der Waals surface area contributed by atoms with Crippen molar-refractivity contribution >= 4 is 87.3 Å². The Kier molecular flexibility index (Phi) is 43.1. The first-order valence-corrected chi connectivity index (χ1v) is 16.7. The van der Waals surface area contributed by atoms with Gasteiger partial charge in [0.05, 0.1) is 0 Å². The molecule has 0 aliphatic rings. The van der Waals surface area contributed by atoms with Gasteiger partial charge in [-0.2, -0.15) is 0 Å². The summed E-state index contributed by atoms with van der Waals surface area (Å²) < 4.78 is 0. The standard InChI is InChI=1S/6C6H7P.2BrH.2Ni/c6*7-6-4-2-1-3-5-6;;;;/h6*1-5H,7H2;2*1H;;/p-2. The normalized spacial score (nSPS) is 7.96. The van der Waals surface area contributed by atoms with E-state index in [9.17, 15) is 0 Å². The average Bonchev–Trinajstić information content (AvgIpc) is 3.01. The van der Waals surface area contributed by atoms with Crippen LogP contribution in [0.2, 0.25) is 0 Å². The molecule has 0 aromatic heterocycles. The van der Waals surface area contributed by atoms with E-state index in [4.69, 9.17) is 0 Å². The van der Waals surface area contributed by atoms with Crippen LogP contribution in [0.5, 0.6) is 0 Å². The molecule has 0 aliphatic heterocycles. The Morgan fingerprint density at radius 2 is 0.283 bits per heavy atom. The van der Waals surface area contributed by atoms with Crippen LogP contribution < -0.4 is 65.8 Å². The van der Waals surface area contributed by atoms with Gasteiger partial charge in [0.1, 0.15) is 0 Å². The molecule has 6 rings (SSSR count). The van der Waals surface area contributed by atoms with E-state index in [2.05, 4.69) is 55.4 Å². The number of benzene rings is 6. The van der Waals surface area contributed by atoms with E-state index in [0.717, 1.165) is 0 Å². The molecule has 0 radical (unpaired) electrons. The van der Waals surface area contributed by atoms with Crippen molar-refractivity contribution in [2.45, 2.75) is 0 Å². The molecule has 0 aliphatic carbocycles. The summed E-state index contributed by atoms with van der Waals surface area (Å²) >= 11 is 0. The molecule has 0 heterocycles. The summed E-state index contributed by atoms with van der Waals surface area (Å²) in [4.78, 5) is 0. The molecule has 10 heteroatoms. The van der Waals surface area contributed by atoms with Gasteiger partial charge in [-0.05, 0) is 31.8 Å². The Balaban J connectivity index is -0.000000226. The van der Waals surface area contributed by atoms with Crippen LogP contribution in [0.3, 0.4) is 0 Å². The first kappa shape index (κ1) is 52.7. The van der Waals surface area contributed by atoms with Gasteiger partial charge in [-0.1, -0.05) is 182 Å². The minimum Gasteiger partial charge on any atom is -1.00 e. The third kappa shape index (κ3) is 35.2. The molecule has 0 saturated heterocycles. The van der Waals surface area contributed by atoms with E-state index in [-0.39, 0.29) is 66.9 Å². The smallest absolute Gasteiger partial charge is 0 e.